The van der Waals surface area contributed by atoms with E-state index in [1.54, 1.807) is 0 Å². The van der Waals surface area contributed by atoms with Crippen LogP contribution in [0.25, 0.3) is 0 Å². The van der Waals surface area contributed by atoms with Crippen molar-refractivity contribution >= 4 is 17.5 Å². The maximum absolute atomic E-state index is 14.5. The summed E-state index contributed by atoms with van der Waals surface area (Å²) in [6, 6.07) is 2.70. The number of carbonyl (C=O) groups is 1. The first kappa shape index (κ1) is 22.9. The number of amides is 1. The Morgan fingerprint density at radius 3 is 2.50 bits per heavy atom. The molecule has 0 saturated carbocycles. The van der Waals surface area contributed by atoms with Crippen LogP contribution in [-0.4, -0.2) is 43.2 Å². The van der Waals surface area contributed by atoms with Crippen LogP contribution in [0.5, 0.6) is 0 Å². The minimum atomic E-state index is -4.59. The predicted octanol–water partition coefficient (Wildman–Crippen LogP) is 5.18. The summed E-state index contributed by atoms with van der Waals surface area (Å²) >= 11 is 5.70. The molecule has 0 radical (unpaired) electrons. The standard InChI is InChI=1S/C20H27ClF4N2O/c1-19(2,3)5-7-27-6-4-13(17(22)12-27)11-26-18(28)14-8-15(20(23,24)25)10-16(21)9-14/h8-10,13,17H,4-7,11-12H2,1-3H3,(H,26,28)/t13-,17-/m1/s1. The number of hydrogen-bond acceptors (Lipinski definition) is 2. The summed E-state index contributed by atoms with van der Waals surface area (Å²) in [5.74, 6) is -1.04. The summed E-state index contributed by atoms with van der Waals surface area (Å²) in [4.78, 5) is 14.3. The van der Waals surface area contributed by atoms with E-state index >= 15 is 0 Å². The van der Waals surface area contributed by atoms with Crippen molar-refractivity contribution in [1.29, 1.82) is 0 Å². The van der Waals surface area contributed by atoms with Crippen molar-refractivity contribution in [2.75, 3.05) is 26.2 Å². The highest BCUT2D eigenvalue weighted by atomic mass is 35.5. The molecule has 1 heterocycles. The fraction of sp³-hybridized carbons (Fsp3) is 0.650. The average molecular weight is 423 g/mol. The number of hydrogen-bond donors (Lipinski definition) is 1. The highest BCUT2D eigenvalue weighted by Crippen LogP contribution is 2.32. The molecule has 0 aromatic heterocycles. The lowest BCUT2D eigenvalue weighted by Crippen LogP contribution is -2.46. The Labute approximate surface area is 168 Å². The fourth-order valence-electron chi connectivity index (χ4n) is 3.15. The number of piperidine rings is 1. The lowest BCUT2D eigenvalue weighted by Gasteiger charge is -2.36. The second kappa shape index (κ2) is 8.99. The maximum atomic E-state index is 14.5. The first-order valence-corrected chi connectivity index (χ1v) is 9.75. The summed E-state index contributed by atoms with van der Waals surface area (Å²) in [6.45, 7) is 8.39. The first-order chi connectivity index (χ1) is 12.8. The molecule has 1 fully saturated rings. The third kappa shape index (κ3) is 6.92. The van der Waals surface area contributed by atoms with Crippen LogP contribution >= 0.6 is 11.6 Å². The van der Waals surface area contributed by atoms with Crippen molar-refractivity contribution in [3.05, 3.63) is 34.3 Å². The number of carbonyl (C=O) groups excluding carboxylic acids is 1. The predicted molar refractivity (Wildman–Crippen MR) is 102 cm³/mol. The van der Waals surface area contributed by atoms with E-state index in [4.69, 9.17) is 11.6 Å². The molecule has 0 unspecified atom stereocenters. The molecule has 2 atom stereocenters. The zero-order valence-electron chi connectivity index (χ0n) is 16.4. The summed E-state index contributed by atoms with van der Waals surface area (Å²) in [5.41, 5.74) is -0.985. The molecule has 158 valence electrons. The Balaban J connectivity index is 1.89. The van der Waals surface area contributed by atoms with Crippen molar-refractivity contribution in [3.8, 4) is 0 Å². The summed E-state index contributed by atoms with van der Waals surface area (Å²) < 4.78 is 53.1. The number of benzene rings is 1. The van der Waals surface area contributed by atoms with E-state index in [1.165, 1.54) is 6.07 Å². The second-order valence-electron chi connectivity index (χ2n) is 8.61. The molecule has 1 aliphatic rings. The quantitative estimate of drug-likeness (QED) is 0.663. The zero-order valence-corrected chi connectivity index (χ0v) is 17.1. The Hall–Kier alpha value is -1.34. The third-order valence-electron chi connectivity index (χ3n) is 4.95. The van der Waals surface area contributed by atoms with Crippen molar-refractivity contribution in [2.24, 2.45) is 11.3 Å². The first-order valence-electron chi connectivity index (χ1n) is 9.37. The molecule has 1 aromatic rings. The molecular weight excluding hydrogens is 396 g/mol. The van der Waals surface area contributed by atoms with Gasteiger partial charge < -0.3 is 10.2 Å². The molecular formula is C20H27ClF4N2O. The van der Waals surface area contributed by atoms with Crippen LogP contribution in [0, 0.1) is 11.3 Å². The second-order valence-corrected chi connectivity index (χ2v) is 9.05. The minimum absolute atomic E-state index is 0.0843. The largest absolute Gasteiger partial charge is 0.416 e. The van der Waals surface area contributed by atoms with Crippen LogP contribution in [0.4, 0.5) is 17.6 Å². The Kier molecular flexibility index (Phi) is 7.37. The van der Waals surface area contributed by atoms with E-state index in [0.29, 0.717) is 13.0 Å². The van der Waals surface area contributed by atoms with Gasteiger partial charge in [-0.15, -0.1) is 0 Å². The van der Waals surface area contributed by atoms with Gasteiger partial charge in [0.1, 0.15) is 6.17 Å². The monoisotopic (exact) mass is 422 g/mol. The smallest absolute Gasteiger partial charge is 0.352 e. The van der Waals surface area contributed by atoms with Gasteiger partial charge in [0, 0.05) is 29.6 Å². The molecule has 0 spiro atoms. The van der Waals surface area contributed by atoms with Crippen LogP contribution < -0.4 is 5.32 Å². The normalized spacial score (nSPS) is 21.6. The van der Waals surface area contributed by atoms with Crippen LogP contribution in [0.3, 0.4) is 0 Å². The van der Waals surface area contributed by atoms with Crippen molar-refractivity contribution in [3.63, 3.8) is 0 Å². The SMILES string of the molecule is CC(C)(C)CCN1CC[C@H](CNC(=O)c2cc(Cl)cc(C(F)(F)F)c2)[C@H](F)C1. The van der Waals surface area contributed by atoms with Gasteiger partial charge in [-0.1, -0.05) is 32.4 Å². The van der Waals surface area contributed by atoms with Gasteiger partial charge in [-0.2, -0.15) is 13.2 Å². The number of halogens is 5. The van der Waals surface area contributed by atoms with Crippen molar-refractivity contribution in [2.45, 2.75) is 46.0 Å². The van der Waals surface area contributed by atoms with Crippen LogP contribution in [-0.2, 0) is 6.18 Å². The van der Waals surface area contributed by atoms with Crippen LogP contribution in [0.15, 0.2) is 18.2 Å². The van der Waals surface area contributed by atoms with Gasteiger partial charge in [0.25, 0.3) is 5.91 Å². The van der Waals surface area contributed by atoms with Gasteiger partial charge in [0.2, 0.25) is 0 Å². The van der Waals surface area contributed by atoms with E-state index in [9.17, 15) is 22.4 Å². The van der Waals surface area contributed by atoms with Gasteiger partial charge in [0.15, 0.2) is 0 Å². The van der Waals surface area contributed by atoms with E-state index in [0.717, 1.165) is 31.6 Å². The lowest BCUT2D eigenvalue weighted by molar-refractivity contribution is -0.137. The zero-order chi connectivity index (χ0) is 21.1. The van der Waals surface area contributed by atoms with Gasteiger partial charge >= 0.3 is 6.18 Å². The molecule has 1 aromatic carbocycles. The van der Waals surface area contributed by atoms with Crippen molar-refractivity contribution < 1.29 is 22.4 Å². The number of alkyl halides is 4. The molecule has 8 heteroatoms. The summed E-state index contributed by atoms with van der Waals surface area (Å²) in [7, 11) is 0. The van der Waals surface area contributed by atoms with E-state index < -0.39 is 23.8 Å². The Morgan fingerprint density at radius 2 is 1.93 bits per heavy atom. The maximum Gasteiger partial charge on any atom is 0.416 e. The third-order valence-corrected chi connectivity index (χ3v) is 5.17. The van der Waals surface area contributed by atoms with E-state index in [2.05, 4.69) is 31.0 Å². The van der Waals surface area contributed by atoms with Crippen molar-refractivity contribution in [1.82, 2.24) is 10.2 Å². The molecule has 0 aliphatic carbocycles. The molecule has 1 N–H and O–H groups in total. The summed E-state index contributed by atoms with van der Waals surface area (Å²) in [6.07, 6.45) is -4.12. The number of nitrogens with one attached hydrogen (secondary N) is 1. The minimum Gasteiger partial charge on any atom is -0.352 e. The Morgan fingerprint density at radius 1 is 1.25 bits per heavy atom. The molecule has 2 rings (SSSR count). The van der Waals surface area contributed by atoms with Gasteiger partial charge in [0.05, 0.1) is 5.56 Å². The summed E-state index contributed by atoms with van der Waals surface area (Å²) in [5, 5.41) is 2.38. The molecule has 0 bridgehead atoms. The number of likely N-dealkylation sites (tertiary alicyclic amines) is 1. The Bertz CT molecular complexity index is 688. The van der Waals surface area contributed by atoms with Gasteiger partial charge in [-0.25, -0.2) is 4.39 Å². The topological polar surface area (TPSA) is 32.3 Å². The molecule has 3 nitrogen and oxygen atoms in total. The molecule has 1 amide bonds. The fourth-order valence-corrected chi connectivity index (χ4v) is 3.39. The molecule has 1 aliphatic heterocycles. The highest BCUT2D eigenvalue weighted by molar-refractivity contribution is 6.31. The highest BCUT2D eigenvalue weighted by Gasteiger charge is 2.32. The average Bonchev–Trinajstić information content (AvgIpc) is 2.57. The molecule has 1 saturated heterocycles. The lowest BCUT2D eigenvalue weighted by atomic mass is 9.90. The van der Waals surface area contributed by atoms with Crippen LogP contribution in [0.1, 0.15) is 49.5 Å². The van der Waals surface area contributed by atoms with Crippen LogP contribution in [0.2, 0.25) is 5.02 Å². The van der Waals surface area contributed by atoms with E-state index in [1.807, 2.05) is 0 Å². The number of nitrogens with zero attached hydrogens (tertiary/aromatic N) is 1. The van der Waals surface area contributed by atoms with Gasteiger partial charge in [-0.3, -0.25) is 4.79 Å². The molecule has 28 heavy (non-hydrogen) atoms. The number of rotatable bonds is 5. The van der Waals surface area contributed by atoms with E-state index in [-0.39, 0.29) is 28.5 Å². The van der Waals surface area contributed by atoms with Gasteiger partial charge in [-0.05, 0) is 49.5 Å².